The number of carbonyl (C=O) groups is 1. The SMILES string of the molecule is CN1c2ccccc2N(CCNC(=O)C2(c3ccc(F)cc3)CC2)S1(=O)=O. The summed E-state index contributed by atoms with van der Waals surface area (Å²) < 4.78 is 40.9. The van der Waals surface area contributed by atoms with Crippen LogP contribution in [0.2, 0.25) is 0 Å². The minimum atomic E-state index is -3.63. The number of fused-ring (bicyclic) bond motifs is 1. The first-order valence-electron chi connectivity index (χ1n) is 8.76. The number of amides is 1. The molecule has 1 heterocycles. The van der Waals surface area contributed by atoms with Crippen LogP contribution in [0.25, 0.3) is 0 Å². The number of rotatable bonds is 5. The topological polar surface area (TPSA) is 69.7 Å². The molecule has 2 aromatic rings. The fourth-order valence-electron chi connectivity index (χ4n) is 3.55. The summed E-state index contributed by atoms with van der Waals surface area (Å²) in [6, 6.07) is 13.1. The van der Waals surface area contributed by atoms with Gasteiger partial charge in [-0.3, -0.25) is 9.10 Å². The van der Waals surface area contributed by atoms with Gasteiger partial charge in [0.15, 0.2) is 0 Å². The molecule has 0 radical (unpaired) electrons. The molecule has 1 saturated carbocycles. The number of para-hydroxylation sites is 2. The molecule has 0 aromatic heterocycles. The maximum Gasteiger partial charge on any atom is 0.326 e. The van der Waals surface area contributed by atoms with Gasteiger partial charge in [0.25, 0.3) is 0 Å². The second-order valence-electron chi connectivity index (χ2n) is 6.88. The third kappa shape index (κ3) is 2.84. The van der Waals surface area contributed by atoms with Gasteiger partial charge in [0, 0.05) is 13.6 Å². The summed E-state index contributed by atoms with van der Waals surface area (Å²) in [6.45, 7) is 0.345. The number of hydrogen-bond acceptors (Lipinski definition) is 3. The number of anilines is 2. The summed E-state index contributed by atoms with van der Waals surface area (Å²) in [5.41, 5.74) is 1.40. The molecule has 1 aliphatic carbocycles. The van der Waals surface area contributed by atoms with Crippen molar-refractivity contribution in [2.24, 2.45) is 0 Å². The van der Waals surface area contributed by atoms with Crippen molar-refractivity contribution in [3.8, 4) is 0 Å². The quantitative estimate of drug-likeness (QED) is 0.852. The first-order valence-corrected chi connectivity index (χ1v) is 10.2. The molecule has 8 heteroatoms. The maximum atomic E-state index is 13.1. The molecule has 142 valence electrons. The second kappa shape index (κ2) is 6.23. The molecule has 0 saturated heterocycles. The van der Waals surface area contributed by atoms with Crippen molar-refractivity contribution in [2.75, 3.05) is 28.7 Å². The van der Waals surface area contributed by atoms with Gasteiger partial charge >= 0.3 is 10.2 Å². The fourth-order valence-corrected chi connectivity index (χ4v) is 4.98. The molecule has 0 bridgehead atoms. The lowest BCUT2D eigenvalue weighted by molar-refractivity contribution is -0.123. The van der Waals surface area contributed by atoms with Gasteiger partial charge in [-0.05, 0) is 42.7 Å². The smallest absolute Gasteiger partial charge is 0.326 e. The van der Waals surface area contributed by atoms with Crippen molar-refractivity contribution >= 4 is 27.5 Å². The monoisotopic (exact) mass is 389 g/mol. The van der Waals surface area contributed by atoms with E-state index in [1.807, 2.05) is 0 Å². The summed E-state index contributed by atoms with van der Waals surface area (Å²) in [7, 11) is -2.11. The highest BCUT2D eigenvalue weighted by Gasteiger charge is 2.51. The summed E-state index contributed by atoms with van der Waals surface area (Å²) in [5, 5.41) is 2.85. The van der Waals surface area contributed by atoms with E-state index in [0.29, 0.717) is 24.2 Å². The highest BCUT2D eigenvalue weighted by molar-refractivity contribution is 7.94. The van der Waals surface area contributed by atoms with Crippen molar-refractivity contribution in [1.29, 1.82) is 0 Å². The number of nitrogens with zero attached hydrogens (tertiary/aromatic N) is 2. The Morgan fingerprint density at radius 2 is 1.74 bits per heavy atom. The van der Waals surface area contributed by atoms with Crippen LogP contribution in [-0.2, 0) is 20.4 Å². The molecule has 0 unspecified atom stereocenters. The zero-order chi connectivity index (χ0) is 19.2. The van der Waals surface area contributed by atoms with Crippen LogP contribution < -0.4 is 13.9 Å². The number of hydrogen-bond donors (Lipinski definition) is 1. The van der Waals surface area contributed by atoms with Crippen LogP contribution in [0.3, 0.4) is 0 Å². The average molecular weight is 389 g/mol. The third-order valence-electron chi connectivity index (χ3n) is 5.30. The first-order chi connectivity index (χ1) is 12.9. The molecule has 0 spiro atoms. The Kier molecular flexibility index (Phi) is 4.10. The van der Waals surface area contributed by atoms with E-state index in [1.54, 1.807) is 36.4 Å². The van der Waals surface area contributed by atoms with Crippen LogP contribution in [0, 0.1) is 5.82 Å². The van der Waals surface area contributed by atoms with Crippen molar-refractivity contribution in [2.45, 2.75) is 18.3 Å². The Bertz CT molecular complexity index is 988. The van der Waals surface area contributed by atoms with Gasteiger partial charge in [0.2, 0.25) is 5.91 Å². The molecule has 0 atom stereocenters. The molecule has 6 nitrogen and oxygen atoms in total. The van der Waals surface area contributed by atoms with E-state index in [4.69, 9.17) is 0 Å². The van der Waals surface area contributed by atoms with E-state index >= 15 is 0 Å². The maximum absolute atomic E-state index is 13.1. The predicted octanol–water partition coefficient (Wildman–Crippen LogP) is 2.17. The zero-order valence-electron chi connectivity index (χ0n) is 14.9. The van der Waals surface area contributed by atoms with Crippen LogP contribution in [0.1, 0.15) is 18.4 Å². The van der Waals surface area contributed by atoms with E-state index in [-0.39, 0.29) is 24.8 Å². The summed E-state index contributed by atoms with van der Waals surface area (Å²) in [6.07, 6.45) is 1.41. The van der Waals surface area contributed by atoms with Gasteiger partial charge in [-0.15, -0.1) is 0 Å². The first kappa shape index (κ1) is 17.8. The Labute approximate surface area is 157 Å². The van der Waals surface area contributed by atoms with Crippen LogP contribution in [0.15, 0.2) is 48.5 Å². The molecule has 1 aliphatic heterocycles. The summed E-state index contributed by atoms with van der Waals surface area (Å²) in [4.78, 5) is 12.7. The Morgan fingerprint density at radius 1 is 1.11 bits per heavy atom. The fraction of sp³-hybridized carbons (Fsp3) is 0.316. The van der Waals surface area contributed by atoms with Gasteiger partial charge < -0.3 is 5.32 Å². The minimum Gasteiger partial charge on any atom is -0.354 e. The molecule has 1 N–H and O–H groups in total. The lowest BCUT2D eigenvalue weighted by atomic mass is 9.95. The molecular weight excluding hydrogens is 369 g/mol. The molecule has 1 fully saturated rings. The largest absolute Gasteiger partial charge is 0.354 e. The van der Waals surface area contributed by atoms with Gasteiger partial charge in [0.05, 0.1) is 23.3 Å². The van der Waals surface area contributed by atoms with Gasteiger partial charge in [-0.25, -0.2) is 8.70 Å². The Morgan fingerprint density at radius 3 is 2.37 bits per heavy atom. The van der Waals surface area contributed by atoms with E-state index < -0.39 is 15.6 Å². The van der Waals surface area contributed by atoms with Crippen LogP contribution in [0.4, 0.5) is 15.8 Å². The van der Waals surface area contributed by atoms with Crippen LogP contribution in [-0.4, -0.2) is 34.5 Å². The van der Waals surface area contributed by atoms with Crippen LogP contribution in [0.5, 0.6) is 0 Å². The molecule has 2 aliphatic rings. The molecule has 27 heavy (non-hydrogen) atoms. The summed E-state index contributed by atoms with van der Waals surface area (Å²) in [5.74, 6) is -0.482. The van der Waals surface area contributed by atoms with Crippen molar-refractivity contribution < 1.29 is 17.6 Å². The normalized spacial score (nSPS) is 18.9. The van der Waals surface area contributed by atoms with Crippen LogP contribution >= 0.6 is 0 Å². The van der Waals surface area contributed by atoms with E-state index in [0.717, 1.165) is 5.56 Å². The number of nitrogens with one attached hydrogen (secondary N) is 1. The van der Waals surface area contributed by atoms with E-state index in [9.17, 15) is 17.6 Å². The van der Waals surface area contributed by atoms with Crippen molar-refractivity contribution in [3.05, 3.63) is 59.9 Å². The standard InChI is InChI=1S/C19H20FN3O3S/c1-22-16-4-2-3-5-17(16)23(27(22,25)26)13-12-21-18(24)19(10-11-19)14-6-8-15(20)9-7-14/h2-9H,10-13H2,1H3,(H,21,24). The van der Waals surface area contributed by atoms with Gasteiger partial charge in [0.1, 0.15) is 5.82 Å². The number of benzene rings is 2. The highest BCUT2D eigenvalue weighted by atomic mass is 32.2. The van der Waals surface area contributed by atoms with Crippen molar-refractivity contribution in [3.63, 3.8) is 0 Å². The van der Waals surface area contributed by atoms with Gasteiger partial charge in [-0.2, -0.15) is 8.42 Å². The number of halogens is 1. The molecular formula is C19H20FN3O3S. The Balaban J connectivity index is 1.44. The number of carbonyl (C=O) groups excluding carboxylic acids is 1. The predicted molar refractivity (Wildman–Crippen MR) is 101 cm³/mol. The lowest BCUT2D eigenvalue weighted by Crippen LogP contribution is -2.43. The zero-order valence-corrected chi connectivity index (χ0v) is 15.7. The van der Waals surface area contributed by atoms with E-state index in [2.05, 4.69) is 5.32 Å². The van der Waals surface area contributed by atoms with E-state index in [1.165, 1.54) is 27.8 Å². The third-order valence-corrected chi connectivity index (χ3v) is 7.12. The minimum absolute atomic E-state index is 0.146. The summed E-state index contributed by atoms with van der Waals surface area (Å²) >= 11 is 0. The Hall–Kier alpha value is -2.61. The second-order valence-corrected chi connectivity index (χ2v) is 8.77. The molecule has 1 amide bonds. The molecule has 4 rings (SSSR count). The highest BCUT2D eigenvalue weighted by Crippen LogP contribution is 2.48. The lowest BCUT2D eigenvalue weighted by Gasteiger charge is -2.21. The van der Waals surface area contributed by atoms with Crippen molar-refractivity contribution in [1.82, 2.24) is 5.32 Å². The molecule has 2 aromatic carbocycles. The van der Waals surface area contributed by atoms with Gasteiger partial charge in [-0.1, -0.05) is 24.3 Å². The average Bonchev–Trinajstić information content (AvgIpc) is 3.43.